The van der Waals surface area contributed by atoms with Crippen molar-refractivity contribution in [3.05, 3.63) is 11.7 Å². The minimum Gasteiger partial charge on any atom is -0.370 e. The van der Waals surface area contributed by atoms with Crippen LogP contribution in [0.3, 0.4) is 0 Å². The zero-order chi connectivity index (χ0) is 11.0. The smallest absolute Gasteiger partial charge is 0.229 e. The molecule has 3 atom stereocenters. The average molecular weight is 223 g/mol. The van der Waals surface area contributed by atoms with E-state index in [0.29, 0.717) is 17.8 Å². The second kappa shape index (κ2) is 4.14. The van der Waals surface area contributed by atoms with Gasteiger partial charge in [0, 0.05) is 18.6 Å². The van der Waals surface area contributed by atoms with Crippen LogP contribution in [0.25, 0.3) is 0 Å². The molecule has 3 rings (SSSR count). The number of rotatable bonds is 2. The average Bonchev–Trinajstić information content (AvgIpc) is 2.97. The van der Waals surface area contributed by atoms with Crippen LogP contribution >= 0.6 is 0 Å². The fourth-order valence-electron chi connectivity index (χ4n) is 2.57. The second-order valence-electron chi connectivity index (χ2n) is 4.76. The highest BCUT2D eigenvalue weighted by molar-refractivity contribution is 5.01. The lowest BCUT2D eigenvalue weighted by molar-refractivity contribution is 0.103. The molecular weight excluding hydrogens is 206 g/mol. The van der Waals surface area contributed by atoms with Gasteiger partial charge < -0.3 is 15.0 Å². The third-order valence-electron chi connectivity index (χ3n) is 3.50. The standard InChI is InChI=1S/C11H17N3O2/c12-8-4-3-7(6-8)11-13-10(14-16-11)9-2-1-5-15-9/h7-9H,1-6,12H2. The maximum atomic E-state index is 5.88. The predicted octanol–water partition coefficient (Wildman–Crippen LogP) is 1.52. The Kier molecular flexibility index (Phi) is 2.65. The molecule has 16 heavy (non-hydrogen) atoms. The summed E-state index contributed by atoms with van der Waals surface area (Å²) in [5.74, 6) is 1.82. The molecular formula is C11H17N3O2. The number of aromatic nitrogens is 2. The number of ether oxygens (including phenoxy) is 1. The third-order valence-corrected chi connectivity index (χ3v) is 3.50. The van der Waals surface area contributed by atoms with E-state index in [1.807, 2.05) is 0 Å². The highest BCUT2D eigenvalue weighted by Crippen LogP contribution is 2.34. The molecule has 2 aliphatic rings. The molecule has 0 spiro atoms. The monoisotopic (exact) mass is 223 g/mol. The maximum absolute atomic E-state index is 5.88. The van der Waals surface area contributed by atoms with Crippen LogP contribution in [-0.2, 0) is 4.74 Å². The van der Waals surface area contributed by atoms with E-state index < -0.39 is 0 Å². The molecule has 1 aliphatic carbocycles. The highest BCUT2D eigenvalue weighted by Gasteiger charge is 2.30. The Morgan fingerprint density at radius 3 is 2.88 bits per heavy atom. The molecule has 0 bridgehead atoms. The Hall–Kier alpha value is -0.940. The van der Waals surface area contributed by atoms with E-state index in [2.05, 4.69) is 10.1 Å². The number of hydrogen-bond acceptors (Lipinski definition) is 5. The summed E-state index contributed by atoms with van der Waals surface area (Å²) in [7, 11) is 0. The van der Waals surface area contributed by atoms with Crippen molar-refractivity contribution in [2.24, 2.45) is 5.73 Å². The van der Waals surface area contributed by atoms with Crippen LogP contribution in [-0.4, -0.2) is 22.8 Å². The zero-order valence-electron chi connectivity index (χ0n) is 9.26. The first-order valence-corrected chi connectivity index (χ1v) is 6.03. The largest absolute Gasteiger partial charge is 0.370 e. The second-order valence-corrected chi connectivity index (χ2v) is 4.76. The first-order valence-electron chi connectivity index (χ1n) is 6.03. The predicted molar refractivity (Wildman–Crippen MR) is 56.8 cm³/mol. The van der Waals surface area contributed by atoms with Crippen LogP contribution in [0.4, 0.5) is 0 Å². The number of nitrogens with zero attached hydrogens (tertiary/aromatic N) is 2. The van der Waals surface area contributed by atoms with E-state index >= 15 is 0 Å². The van der Waals surface area contributed by atoms with E-state index in [0.717, 1.165) is 44.6 Å². The van der Waals surface area contributed by atoms with Crippen molar-refractivity contribution in [1.82, 2.24) is 10.1 Å². The van der Waals surface area contributed by atoms with Gasteiger partial charge in [-0.3, -0.25) is 0 Å². The molecule has 0 amide bonds. The van der Waals surface area contributed by atoms with Crippen LogP contribution in [0, 0.1) is 0 Å². The molecule has 5 heteroatoms. The summed E-state index contributed by atoms with van der Waals surface area (Å²) < 4.78 is 10.8. The maximum Gasteiger partial charge on any atom is 0.229 e. The van der Waals surface area contributed by atoms with Crippen molar-refractivity contribution >= 4 is 0 Å². The van der Waals surface area contributed by atoms with Crippen LogP contribution in [0.2, 0.25) is 0 Å². The van der Waals surface area contributed by atoms with Crippen LogP contribution in [0.15, 0.2) is 4.52 Å². The molecule has 1 saturated heterocycles. The van der Waals surface area contributed by atoms with Gasteiger partial charge in [-0.1, -0.05) is 5.16 Å². The van der Waals surface area contributed by atoms with E-state index in [1.54, 1.807) is 0 Å². The number of hydrogen-bond donors (Lipinski definition) is 1. The Morgan fingerprint density at radius 1 is 1.25 bits per heavy atom. The lowest BCUT2D eigenvalue weighted by Gasteiger charge is -2.03. The van der Waals surface area contributed by atoms with Crippen molar-refractivity contribution in [1.29, 1.82) is 0 Å². The van der Waals surface area contributed by atoms with Crippen molar-refractivity contribution in [2.45, 2.75) is 50.2 Å². The molecule has 88 valence electrons. The molecule has 2 fully saturated rings. The molecule has 2 N–H and O–H groups in total. The molecule has 1 aromatic rings. The summed E-state index contributed by atoms with van der Waals surface area (Å²) in [4.78, 5) is 4.45. The van der Waals surface area contributed by atoms with Gasteiger partial charge in [-0.2, -0.15) is 4.98 Å². The van der Waals surface area contributed by atoms with Gasteiger partial charge in [-0.15, -0.1) is 0 Å². The Bertz CT molecular complexity index is 360. The van der Waals surface area contributed by atoms with Crippen molar-refractivity contribution in [3.8, 4) is 0 Å². The Morgan fingerprint density at radius 2 is 2.19 bits per heavy atom. The first kappa shape index (κ1) is 10.2. The third kappa shape index (κ3) is 1.85. The van der Waals surface area contributed by atoms with Gasteiger partial charge in [-0.25, -0.2) is 0 Å². The SMILES string of the molecule is NC1CCC(c2nc(C3CCCO3)no2)C1. The molecule has 0 aromatic carbocycles. The van der Waals surface area contributed by atoms with Gasteiger partial charge >= 0.3 is 0 Å². The highest BCUT2D eigenvalue weighted by atomic mass is 16.5. The topological polar surface area (TPSA) is 74.2 Å². The summed E-state index contributed by atoms with van der Waals surface area (Å²) in [6.45, 7) is 0.808. The Labute approximate surface area is 94.3 Å². The van der Waals surface area contributed by atoms with Gasteiger partial charge in [0.2, 0.25) is 11.7 Å². The van der Waals surface area contributed by atoms with E-state index in [9.17, 15) is 0 Å². The molecule has 1 aromatic heterocycles. The van der Waals surface area contributed by atoms with Crippen LogP contribution in [0.5, 0.6) is 0 Å². The lowest BCUT2D eigenvalue weighted by Crippen LogP contribution is -2.14. The van der Waals surface area contributed by atoms with Crippen molar-refractivity contribution < 1.29 is 9.26 Å². The van der Waals surface area contributed by atoms with Crippen molar-refractivity contribution in [2.75, 3.05) is 6.61 Å². The van der Waals surface area contributed by atoms with Gasteiger partial charge in [0.25, 0.3) is 0 Å². The fourth-order valence-corrected chi connectivity index (χ4v) is 2.57. The van der Waals surface area contributed by atoms with Crippen LogP contribution < -0.4 is 5.73 Å². The van der Waals surface area contributed by atoms with E-state index in [4.69, 9.17) is 15.0 Å². The molecule has 2 heterocycles. The molecule has 3 unspecified atom stereocenters. The summed E-state index contributed by atoms with van der Waals surface area (Å²) in [6.07, 6.45) is 5.23. The fraction of sp³-hybridized carbons (Fsp3) is 0.818. The van der Waals surface area contributed by atoms with Gasteiger partial charge in [-0.05, 0) is 32.1 Å². The Balaban J connectivity index is 1.72. The molecule has 5 nitrogen and oxygen atoms in total. The van der Waals surface area contributed by atoms with Gasteiger partial charge in [0.1, 0.15) is 6.10 Å². The minimum atomic E-state index is 0.0487. The molecule has 0 radical (unpaired) electrons. The quantitative estimate of drug-likeness (QED) is 0.822. The lowest BCUT2D eigenvalue weighted by atomic mass is 10.1. The summed E-state index contributed by atoms with van der Waals surface area (Å²) in [5, 5.41) is 4.02. The minimum absolute atomic E-state index is 0.0487. The summed E-state index contributed by atoms with van der Waals surface area (Å²) in [6, 6.07) is 0.295. The van der Waals surface area contributed by atoms with E-state index in [-0.39, 0.29) is 6.10 Å². The summed E-state index contributed by atoms with van der Waals surface area (Å²) >= 11 is 0. The van der Waals surface area contributed by atoms with Gasteiger partial charge in [0.05, 0.1) is 0 Å². The van der Waals surface area contributed by atoms with Crippen molar-refractivity contribution in [3.63, 3.8) is 0 Å². The summed E-state index contributed by atoms with van der Waals surface area (Å²) in [5.41, 5.74) is 5.88. The molecule has 1 saturated carbocycles. The first-order chi connectivity index (χ1) is 7.83. The normalized spacial score (nSPS) is 34.7. The van der Waals surface area contributed by atoms with E-state index in [1.165, 1.54) is 0 Å². The van der Waals surface area contributed by atoms with Gasteiger partial charge in [0.15, 0.2) is 0 Å². The zero-order valence-corrected chi connectivity index (χ0v) is 9.26. The number of nitrogens with two attached hydrogens (primary N) is 1. The molecule has 1 aliphatic heterocycles. The van der Waals surface area contributed by atoms with Crippen LogP contribution in [0.1, 0.15) is 55.8 Å².